The number of benzene rings is 1. The SMILES string of the molecule is OC(CC1c2c(F)cccc2-c2cncn21)C12CC3CC(C1)C(OCCN1CCOCC1)C(C3)C2. The van der Waals surface area contributed by atoms with Gasteiger partial charge in [0.1, 0.15) is 5.82 Å². The standard InChI is InChI=1S/C28H36FN3O3/c29-22-3-1-2-21-24-16-30-17-32(24)23(26(21)22)12-25(33)28-13-18-10-19(14-28)27(20(11-18)15-28)35-9-6-31-4-7-34-8-5-31/h1-3,16-20,23,25,27,33H,4-15H2. The van der Waals surface area contributed by atoms with Gasteiger partial charge < -0.3 is 19.1 Å². The fourth-order valence-electron chi connectivity index (χ4n) is 8.56. The lowest BCUT2D eigenvalue weighted by molar-refractivity contribution is -0.190. The lowest BCUT2D eigenvalue weighted by atomic mass is 9.46. The number of imidazole rings is 1. The number of aliphatic hydroxyl groups is 1. The minimum Gasteiger partial charge on any atom is -0.392 e. The van der Waals surface area contributed by atoms with Crippen molar-refractivity contribution in [1.29, 1.82) is 0 Å². The van der Waals surface area contributed by atoms with E-state index in [9.17, 15) is 9.50 Å². The van der Waals surface area contributed by atoms with E-state index in [1.165, 1.54) is 12.8 Å². The number of halogens is 1. The number of rotatable bonds is 7. The van der Waals surface area contributed by atoms with Gasteiger partial charge in [-0.2, -0.15) is 0 Å². The molecule has 1 aromatic carbocycles. The maximum Gasteiger partial charge on any atom is 0.129 e. The van der Waals surface area contributed by atoms with Gasteiger partial charge in [0.25, 0.3) is 0 Å². The van der Waals surface area contributed by atoms with E-state index in [1.54, 1.807) is 18.5 Å². The molecule has 1 N–H and O–H groups in total. The van der Waals surface area contributed by atoms with Gasteiger partial charge >= 0.3 is 0 Å². The number of ether oxygens (including phenoxy) is 2. The van der Waals surface area contributed by atoms with Crippen LogP contribution >= 0.6 is 0 Å². The minimum absolute atomic E-state index is 0.0602. The van der Waals surface area contributed by atoms with Gasteiger partial charge in [0.15, 0.2) is 0 Å². The van der Waals surface area contributed by atoms with Crippen molar-refractivity contribution in [3.8, 4) is 11.3 Å². The van der Waals surface area contributed by atoms with Crippen LogP contribution in [0.2, 0.25) is 0 Å². The van der Waals surface area contributed by atoms with Crippen LogP contribution < -0.4 is 0 Å². The summed E-state index contributed by atoms with van der Waals surface area (Å²) in [5.74, 6) is 1.59. The Morgan fingerprint density at radius 1 is 1.17 bits per heavy atom. The number of nitrogens with zero attached hydrogens (tertiary/aromatic N) is 3. The van der Waals surface area contributed by atoms with Crippen LogP contribution in [0, 0.1) is 29.0 Å². The fraction of sp³-hybridized carbons (Fsp3) is 0.679. The molecule has 7 heteroatoms. The topological polar surface area (TPSA) is 59.8 Å². The molecule has 2 aromatic rings. The van der Waals surface area contributed by atoms with E-state index < -0.39 is 6.10 Å². The first-order valence-electron chi connectivity index (χ1n) is 13.5. The van der Waals surface area contributed by atoms with Gasteiger partial charge in [-0.3, -0.25) is 4.90 Å². The largest absolute Gasteiger partial charge is 0.392 e. The molecule has 4 unspecified atom stereocenters. The number of aromatic nitrogens is 2. The highest BCUT2D eigenvalue weighted by Gasteiger charge is 2.58. The van der Waals surface area contributed by atoms with Crippen molar-refractivity contribution < 1.29 is 19.0 Å². The summed E-state index contributed by atoms with van der Waals surface area (Å²) in [5.41, 5.74) is 2.53. The van der Waals surface area contributed by atoms with Crippen molar-refractivity contribution in [2.24, 2.45) is 23.2 Å². The average Bonchev–Trinajstić information content (AvgIpc) is 3.44. The van der Waals surface area contributed by atoms with E-state index in [2.05, 4.69) is 14.5 Å². The number of hydrogen-bond acceptors (Lipinski definition) is 5. The third-order valence-corrected chi connectivity index (χ3v) is 9.87. The molecule has 4 aliphatic carbocycles. The highest BCUT2D eigenvalue weighted by atomic mass is 19.1. The quantitative estimate of drug-likeness (QED) is 0.650. The first kappa shape index (κ1) is 22.4. The molecule has 0 radical (unpaired) electrons. The molecule has 0 spiro atoms. The fourth-order valence-corrected chi connectivity index (χ4v) is 8.56. The second-order valence-electron chi connectivity index (χ2n) is 11.8. The third-order valence-electron chi connectivity index (χ3n) is 9.87. The zero-order valence-corrected chi connectivity index (χ0v) is 20.3. The van der Waals surface area contributed by atoms with E-state index in [4.69, 9.17) is 9.47 Å². The van der Waals surface area contributed by atoms with Crippen LogP contribution in [0.15, 0.2) is 30.7 Å². The normalized spacial score (nSPS) is 36.3. The van der Waals surface area contributed by atoms with Gasteiger partial charge in [0.05, 0.1) is 56.3 Å². The summed E-state index contributed by atoms with van der Waals surface area (Å²) >= 11 is 0. The highest BCUT2D eigenvalue weighted by molar-refractivity contribution is 5.69. The maximum absolute atomic E-state index is 15.0. The van der Waals surface area contributed by atoms with Gasteiger partial charge in [-0.1, -0.05) is 12.1 Å². The van der Waals surface area contributed by atoms with Crippen molar-refractivity contribution in [1.82, 2.24) is 14.5 Å². The van der Waals surface area contributed by atoms with Crippen LogP contribution in [0.5, 0.6) is 0 Å². The van der Waals surface area contributed by atoms with Crippen LogP contribution in [0.3, 0.4) is 0 Å². The summed E-state index contributed by atoms with van der Waals surface area (Å²) in [6.07, 6.45) is 9.70. The monoisotopic (exact) mass is 481 g/mol. The predicted molar refractivity (Wildman–Crippen MR) is 129 cm³/mol. The van der Waals surface area contributed by atoms with Crippen molar-refractivity contribution in [3.63, 3.8) is 0 Å². The Morgan fingerprint density at radius 3 is 2.77 bits per heavy atom. The van der Waals surface area contributed by atoms with Gasteiger partial charge in [0.2, 0.25) is 0 Å². The van der Waals surface area contributed by atoms with Gasteiger partial charge in [-0.05, 0) is 67.8 Å². The maximum atomic E-state index is 15.0. The Labute approximate surface area is 206 Å². The van der Waals surface area contributed by atoms with Crippen LogP contribution in [-0.2, 0) is 9.47 Å². The van der Waals surface area contributed by atoms with E-state index in [1.807, 2.05) is 12.3 Å². The van der Waals surface area contributed by atoms with Gasteiger partial charge in [-0.25, -0.2) is 9.37 Å². The van der Waals surface area contributed by atoms with Crippen LogP contribution in [-0.4, -0.2) is 71.2 Å². The summed E-state index contributed by atoms with van der Waals surface area (Å²) in [5, 5.41) is 11.8. The molecule has 2 aliphatic heterocycles. The molecule has 1 saturated heterocycles. The van der Waals surface area contributed by atoms with Crippen LogP contribution in [0.25, 0.3) is 11.3 Å². The summed E-state index contributed by atoms with van der Waals surface area (Å²) < 4.78 is 29.0. The summed E-state index contributed by atoms with van der Waals surface area (Å²) in [6, 6.07) is 5.10. The molecule has 6 aliphatic rings. The predicted octanol–water partition coefficient (Wildman–Crippen LogP) is 3.89. The molecule has 4 bridgehead atoms. The van der Waals surface area contributed by atoms with Gasteiger partial charge in [-0.15, -0.1) is 0 Å². The molecule has 4 atom stereocenters. The molecule has 0 amide bonds. The lowest BCUT2D eigenvalue weighted by Crippen LogP contribution is -2.58. The van der Waals surface area contributed by atoms with E-state index in [0.29, 0.717) is 30.3 Å². The average molecular weight is 482 g/mol. The summed E-state index contributed by atoms with van der Waals surface area (Å²) in [7, 11) is 0. The third kappa shape index (κ3) is 3.69. The number of fused-ring (bicyclic) bond motifs is 3. The molecular weight excluding hydrogens is 445 g/mol. The molecule has 6 nitrogen and oxygen atoms in total. The molecule has 1 aromatic heterocycles. The Hall–Kier alpha value is -1.80. The smallest absolute Gasteiger partial charge is 0.129 e. The second kappa shape index (κ2) is 8.65. The molecule has 188 valence electrons. The van der Waals surface area contributed by atoms with Crippen molar-refractivity contribution in [3.05, 3.63) is 42.1 Å². The summed E-state index contributed by atoms with van der Waals surface area (Å²) in [6.45, 7) is 5.43. The summed E-state index contributed by atoms with van der Waals surface area (Å²) in [4.78, 5) is 6.76. The number of hydrogen-bond donors (Lipinski definition) is 1. The number of aliphatic hydroxyl groups excluding tert-OH is 1. The first-order valence-corrected chi connectivity index (χ1v) is 13.5. The minimum atomic E-state index is -0.448. The Bertz CT molecular complexity index is 1070. The zero-order valence-electron chi connectivity index (χ0n) is 20.3. The highest BCUT2D eigenvalue weighted by Crippen LogP contribution is 2.63. The van der Waals surface area contributed by atoms with Gasteiger partial charge in [0, 0.05) is 30.8 Å². The molecule has 5 fully saturated rings. The van der Waals surface area contributed by atoms with Crippen molar-refractivity contribution >= 4 is 0 Å². The molecule has 35 heavy (non-hydrogen) atoms. The zero-order chi connectivity index (χ0) is 23.6. The molecule has 3 heterocycles. The molecule has 4 saturated carbocycles. The van der Waals surface area contributed by atoms with E-state index in [-0.39, 0.29) is 17.3 Å². The first-order chi connectivity index (χ1) is 17.1. The van der Waals surface area contributed by atoms with E-state index in [0.717, 1.165) is 75.5 Å². The molecule has 8 rings (SSSR count). The lowest BCUT2D eigenvalue weighted by Gasteiger charge is -2.61. The van der Waals surface area contributed by atoms with Crippen LogP contribution in [0.4, 0.5) is 4.39 Å². The molecular formula is C28H36FN3O3. The number of morpholine rings is 1. The Balaban J connectivity index is 1.06. The van der Waals surface area contributed by atoms with Crippen LogP contribution in [0.1, 0.15) is 50.1 Å². The van der Waals surface area contributed by atoms with Crippen molar-refractivity contribution in [2.75, 3.05) is 39.5 Å². The second-order valence-corrected chi connectivity index (χ2v) is 11.8. The van der Waals surface area contributed by atoms with E-state index >= 15 is 0 Å². The van der Waals surface area contributed by atoms with Crippen molar-refractivity contribution in [2.45, 2.75) is 56.8 Å². The Morgan fingerprint density at radius 2 is 1.97 bits per heavy atom. The Kier molecular flexibility index (Phi) is 5.54.